The molecule has 1 aliphatic heterocycles. The number of fused-ring (bicyclic) bond motifs is 1. The van der Waals surface area contributed by atoms with Gasteiger partial charge in [-0.15, -0.1) is 0 Å². The highest BCUT2D eigenvalue weighted by Crippen LogP contribution is 2.51. The van der Waals surface area contributed by atoms with Gasteiger partial charge < -0.3 is 10.1 Å². The number of hydrogen-bond acceptors (Lipinski definition) is 3. The summed E-state index contributed by atoms with van der Waals surface area (Å²) in [7, 11) is 0. The third-order valence-electron chi connectivity index (χ3n) is 4.24. The average Bonchev–Trinajstić information content (AvgIpc) is 2.69. The highest BCUT2D eigenvalue weighted by Gasteiger charge is 2.58. The number of thioether (sulfide) groups is 1. The van der Waals surface area contributed by atoms with E-state index >= 15 is 0 Å². The van der Waals surface area contributed by atoms with Crippen LogP contribution in [0.4, 0.5) is 0 Å². The topological polar surface area (TPSA) is 21.3 Å². The minimum Gasteiger partial charge on any atom is -0.377 e. The van der Waals surface area contributed by atoms with Gasteiger partial charge in [-0.2, -0.15) is 11.8 Å². The van der Waals surface area contributed by atoms with Gasteiger partial charge in [-0.3, -0.25) is 0 Å². The van der Waals surface area contributed by atoms with Crippen LogP contribution < -0.4 is 5.32 Å². The Morgan fingerprint density at radius 1 is 1.38 bits per heavy atom. The highest BCUT2D eigenvalue weighted by atomic mass is 32.2. The third kappa shape index (κ3) is 2.27. The molecule has 3 unspecified atom stereocenters. The molecule has 2 fully saturated rings. The van der Waals surface area contributed by atoms with Gasteiger partial charge >= 0.3 is 0 Å². The molecule has 0 spiro atoms. The first kappa shape index (κ1) is 12.7. The van der Waals surface area contributed by atoms with E-state index in [0.717, 1.165) is 12.5 Å². The number of nitrogens with one attached hydrogen (secondary N) is 1. The van der Waals surface area contributed by atoms with E-state index in [-0.39, 0.29) is 0 Å². The molecule has 0 aromatic rings. The number of rotatable bonds is 6. The molecule has 2 aliphatic rings. The zero-order chi connectivity index (χ0) is 11.6. The Morgan fingerprint density at radius 2 is 2.19 bits per heavy atom. The summed E-state index contributed by atoms with van der Waals surface area (Å²) < 4.78 is 5.80. The van der Waals surface area contributed by atoms with Gasteiger partial charge in [0.15, 0.2) is 0 Å². The van der Waals surface area contributed by atoms with Crippen molar-refractivity contribution in [2.24, 2.45) is 11.3 Å². The van der Waals surface area contributed by atoms with E-state index in [0.29, 0.717) is 17.6 Å². The first-order valence-corrected chi connectivity index (χ1v) is 7.91. The lowest BCUT2D eigenvalue weighted by molar-refractivity contribution is -0.112. The summed E-state index contributed by atoms with van der Waals surface area (Å²) in [5, 5.41) is 3.75. The summed E-state index contributed by atoms with van der Waals surface area (Å²) in [5.41, 5.74) is 0.348. The van der Waals surface area contributed by atoms with Crippen LogP contribution in [0.5, 0.6) is 0 Å². The maximum Gasteiger partial charge on any atom is 0.0685 e. The van der Waals surface area contributed by atoms with Gasteiger partial charge in [-0.1, -0.05) is 13.8 Å². The second-order valence-electron chi connectivity index (χ2n) is 5.70. The Hall–Kier alpha value is 0.270. The van der Waals surface area contributed by atoms with E-state index in [1.54, 1.807) is 0 Å². The molecule has 1 heterocycles. The lowest BCUT2D eigenvalue weighted by Crippen LogP contribution is -2.65. The maximum absolute atomic E-state index is 5.80. The zero-order valence-corrected chi connectivity index (χ0v) is 11.6. The lowest BCUT2D eigenvalue weighted by atomic mass is 9.57. The fraction of sp³-hybridized carbons (Fsp3) is 1.00. The van der Waals surface area contributed by atoms with Crippen molar-refractivity contribution in [1.29, 1.82) is 0 Å². The van der Waals surface area contributed by atoms with Crippen molar-refractivity contribution in [2.75, 3.05) is 25.2 Å². The van der Waals surface area contributed by atoms with E-state index in [1.165, 1.54) is 31.6 Å². The van der Waals surface area contributed by atoms with E-state index < -0.39 is 0 Å². The van der Waals surface area contributed by atoms with E-state index in [4.69, 9.17) is 4.74 Å². The summed E-state index contributed by atoms with van der Waals surface area (Å²) >= 11 is 1.95. The Kier molecular flexibility index (Phi) is 4.20. The molecule has 2 rings (SSSR count). The van der Waals surface area contributed by atoms with Crippen LogP contribution in [-0.2, 0) is 4.74 Å². The molecule has 0 aromatic heterocycles. The molecule has 3 heteroatoms. The van der Waals surface area contributed by atoms with Crippen LogP contribution in [-0.4, -0.2) is 37.3 Å². The maximum atomic E-state index is 5.80. The van der Waals surface area contributed by atoms with Gasteiger partial charge in [0.05, 0.1) is 6.10 Å². The van der Waals surface area contributed by atoms with Crippen LogP contribution in [0.15, 0.2) is 0 Å². The van der Waals surface area contributed by atoms with Gasteiger partial charge in [0, 0.05) is 24.0 Å². The minimum atomic E-state index is 0.348. The fourth-order valence-corrected chi connectivity index (χ4v) is 3.86. The van der Waals surface area contributed by atoms with E-state index in [1.807, 2.05) is 11.8 Å². The van der Waals surface area contributed by atoms with Gasteiger partial charge in [0.2, 0.25) is 0 Å². The molecule has 94 valence electrons. The molecular weight excluding hydrogens is 218 g/mol. The Morgan fingerprint density at radius 3 is 2.94 bits per heavy atom. The summed E-state index contributed by atoms with van der Waals surface area (Å²) in [6.07, 6.45) is 6.62. The van der Waals surface area contributed by atoms with Crippen molar-refractivity contribution in [3.8, 4) is 0 Å². The number of unbranched alkanes of at least 4 members (excludes halogenated alkanes) is 1. The quantitative estimate of drug-likeness (QED) is 0.724. The molecule has 0 bridgehead atoms. The van der Waals surface area contributed by atoms with Crippen molar-refractivity contribution in [3.05, 3.63) is 0 Å². The molecule has 0 amide bonds. The Bertz CT molecular complexity index is 232. The third-order valence-corrected chi connectivity index (χ3v) is 4.94. The SMILES string of the molecule is CSCCCCNC1C2CCOC2C1(C)C. The zero-order valence-electron chi connectivity index (χ0n) is 10.8. The van der Waals surface area contributed by atoms with Gasteiger partial charge in [0.1, 0.15) is 0 Å². The van der Waals surface area contributed by atoms with Gasteiger partial charge in [-0.05, 0) is 37.8 Å². The second kappa shape index (κ2) is 5.28. The molecule has 2 nitrogen and oxygen atoms in total. The fourth-order valence-electron chi connectivity index (χ4n) is 3.37. The predicted molar refractivity (Wildman–Crippen MR) is 71.0 cm³/mol. The molecular formula is C13H25NOS. The Balaban J connectivity index is 1.69. The predicted octanol–water partition coefficient (Wildman–Crippen LogP) is 2.53. The van der Waals surface area contributed by atoms with Crippen molar-refractivity contribution in [3.63, 3.8) is 0 Å². The first-order valence-electron chi connectivity index (χ1n) is 6.52. The molecule has 1 N–H and O–H groups in total. The van der Waals surface area contributed by atoms with Crippen molar-refractivity contribution in [1.82, 2.24) is 5.32 Å². The lowest BCUT2D eigenvalue weighted by Gasteiger charge is -2.55. The van der Waals surface area contributed by atoms with Crippen LogP contribution in [0.25, 0.3) is 0 Å². The van der Waals surface area contributed by atoms with Crippen LogP contribution in [0.3, 0.4) is 0 Å². The van der Waals surface area contributed by atoms with Crippen molar-refractivity contribution < 1.29 is 4.74 Å². The smallest absolute Gasteiger partial charge is 0.0685 e. The van der Waals surface area contributed by atoms with Crippen LogP contribution in [0.2, 0.25) is 0 Å². The standard InChI is InChI=1S/C13H25NOS/c1-13(2)11(10-6-8-15-12(10)13)14-7-4-5-9-16-3/h10-12,14H,4-9H2,1-3H3. The molecule has 3 atom stereocenters. The highest BCUT2D eigenvalue weighted by molar-refractivity contribution is 7.98. The van der Waals surface area contributed by atoms with Crippen LogP contribution in [0.1, 0.15) is 33.1 Å². The van der Waals surface area contributed by atoms with Crippen molar-refractivity contribution >= 4 is 11.8 Å². The monoisotopic (exact) mass is 243 g/mol. The first-order chi connectivity index (χ1) is 7.68. The summed E-state index contributed by atoms with van der Waals surface area (Å²) in [6.45, 7) is 6.85. The minimum absolute atomic E-state index is 0.348. The molecule has 1 aliphatic carbocycles. The molecule has 16 heavy (non-hydrogen) atoms. The summed E-state index contributed by atoms with van der Waals surface area (Å²) in [6, 6.07) is 0.689. The average molecular weight is 243 g/mol. The number of hydrogen-bond donors (Lipinski definition) is 1. The molecule has 0 radical (unpaired) electrons. The molecule has 1 saturated heterocycles. The molecule has 1 saturated carbocycles. The van der Waals surface area contributed by atoms with Gasteiger partial charge in [-0.25, -0.2) is 0 Å². The van der Waals surface area contributed by atoms with E-state index in [9.17, 15) is 0 Å². The van der Waals surface area contributed by atoms with Crippen molar-refractivity contribution in [2.45, 2.75) is 45.3 Å². The summed E-state index contributed by atoms with van der Waals surface area (Å²) in [4.78, 5) is 0. The normalized spacial score (nSPS) is 35.8. The van der Waals surface area contributed by atoms with Gasteiger partial charge in [0.25, 0.3) is 0 Å². The van der Waals surface area contributed by atoms with Crippen LogP contribution >= 0.6 is 11.8 Å². The number of ether oxygens (including phenoxy) is 1. The largest absolute Gasteiger partial charge is 0.377 e. The van der Waals surface area contributed by atoms with E-state index in [2.05, 4.69) is 25.4 Å². The second-order valence-corrected chi connectivity index (χ2v) is 6.68. The summed E-state index contributed by atoms with van der Waals surface area (Å²) in [5.74, 6) is 2.08. The molecule has 0 aromatic carbocycles. The Labute approximate surface area is 104 Å². The van der Waals surface area contributed by atoms with Crippen LogP contribution in [0, 0.1) is 11.3 Å².